The highest BCUT2D eigenvalue weighted by molar-refractivity contribution is 5.96. The summed E-state index contributed by atoms with van der Waals surface area (Å²) in [5.74, 6) is 1.91. The molecule has 4 aliphatic carbocycles. The first-order valence-electron chi connectivity index (χ1n) is 15.0. The molecule has 0 bridgehead atoms. The predicted molar refractivity (Wildman–Crippen MR) is 156 cm³/mol. The molecule has 1 unspecified atom stereocenters. The van der Waals surface area contributed by atoms with E-state index in [2.05, 4.69) is 36.3 Å². The summed E-state index contributed by atoms with van der Waals surface area (Å²) in [6, 6.07) is 3.53. The fourth-order valence-electron chi connectivity index (χ4n) is 8.61. The number of terminal acetylenes is 1. The largest absolute Gasteiger partial charge is 0.595 e. The third kappa shape index (κ3) is 5.47. The molecule has 0 aromatic heterocycles. The maximum absolute atomic E-state index is 12.5. The fraction of sp³-hybridized carbons (Fsp3) is 0.594. The summed E-state index contributed by atoms with van der Waals surface area (Å²) in [4.78, 5) is 29.6. The number of carbonyl (C=O) groups is 2. The Labute approximate surface area is 251 Å². The summed E-state index contributed by atoms with van der Waals surface area (Å²) in [6.07, 6.45) is 13.3. The highest BCUT2D eigenvalue weighted by Crippen LogP contribution is 2.67. The van der Waals surface area contributed by atoms with Crippen LogP contribution in [0.5, 0.6) is 0 Å². The number of carbonyl (C=O) groups excluding carboxylic acids is 1. The number of rotatable bonds is 8. The number of nitrogens with zero attached hydrogens (tertiary/aromatic N) is 1. The van der Waals surface area contributed by atoms with Crippen LogP contribution in [0.2, 0.25) is 0 Å². The normalized spacial score (nSPS) is 36.2. The van der Waals surface area contributed by atoms with E-state index in [1.807, 2.05) is 0 Å². The molecule has 9 atom stereocenters. The predicted octanol–water partition coefficient (Wildman–Crippen LogP) is 2.39. The number of amides is 1. The van der Waals surface area contributed by atoms with Crippen molar-refractivity contribution in [2.75, 3.05) is 6.61 Å². The smallest absolute Gasteiger partial charge is 0.329 e. The lowest BCUT2D eigenvalue weighted by molar-refractivity contribution is -0.991. The van der Waals surface area contributed by atoms with Gasteiger partial charge in [0.1, 0.15) is 11.7 Å². The second kappa shape index (κ2) is 11.7. The van der Waals surface area contributed by atoms with Gasteiger partial charge in [0.2, 0.25) is 0 Å². The molecule has 0 saturated heterocycles. The molecule has 1 amide bonds. The van der Waals surface area contributed by atoms with Crippen molar-refractivity contribution in [3.05, 3.63) is 46.7 Å². The van der Waals surface area contributed by atoms with Crippen LogP contribution in [-0.4, -0.2) is 56.4 Å². The lowest BCUT2D eigenvalue weighted by atomic mass is 9.46. The number of hydrogen-bond donors (Lipinski definition) is 6. The van der Waals surface area contributed by atoms with Gasteiger partial charge >= 0.3 is 5.97 Å². The van der Waals surface area contributed by atoms with Gasteiger partial charge in [0.05, 0.1) is 5.71 Å². The first kappa shape index (κ1) is 31.2. The summed E-state index contributed by atoms with van der Waals surface area (Å²) < 4.78 is 0. The van der Waals surface area contributed by atoms with Crippen molar-refractivity contribution in [2.24, 2.45) is 33.7 Å². The van der Waals surface area contributed by atoms with Gasteiger partial charge in [-0.2, -0.15) is 5.23 Å². The number of carboxylic acid groups (broad SMARTS) is 1. The van der Waals surface area contributed by atoms with E-state index in [0.717, 1.165) is 50.3 Å². The van der Waals surface area contributed by atoms with Crippen LogP contribution >= 0.6 is 0 Å². The van der Waals surface area contributed by atoms with E-state index >= 15 is 0 Å². The van der Waals surface area contributed by atoms with Gasteiger partial charge in [0.15, 0.2) is 18.3 Å². The molecule has 6 N–H and O–H groups in total. The van der Waals surface area contributed by atoms with E-state index < -0.39 is 41.5 Å². The van der Waals surface area contributed by atoms with Crippen molar-refractivity contribution in [3.8, 4) is 12.3 Å². The van der Waals surface area contributed by atoms with Gasteiger partial charge in [-0.25, -0.2) is 10.0 Å². The molecule has 3 fully saturated rings. The second-order valence-corrected chi connectivity index (χ2v) is 13.1. The molecule has 43 heavy (non-hydrogen) atoms. The Morgan fingerprint density at radius 2 is 1.95 bits per heavy atom. The van der Waals surface area contributed by atoms with Gasteiger partial charge in [0, 0.05) is 17.5 Å². The quantitative estimate of drug-likeness (QED) is 0.196. The molecule has 0 aliphatic heterocycles. The number of oxime groups is 1. The first-order valence-corrected chi connectivity index (χ1v) is 15.0. The number of aliphatic hydroxyl groups excluding tert-OH is 1. The topological polar surface area (TPSA) is 176 Å². The summed E-state index contributed by atoms with van der Waals surface area (Å²) in [5, 5.41) is 57.0. The number of aliphatic carboxylic acids is 1. The van der Waals surface area contributed by atoms with E-state index in [9.17, 15) is 35.3 Å². The molecule has 1 aromatic carbocycles. The Kier molecular flexibility index (Phi) is 8.46. The molecule has 0 spiro atoms. The Bertz CT molecular complexity index is 1370. The van der Waals surface area contributed by atoms with Gasteiger partial charge in [-0.3, -0.25) is 4.79 Å². The van der Waals surface area contributed by atoms with E-state index in [1.54, 1.807) is 0 Å². The Morgan fingerprint density at radius 3 is 2.65 bits per heavy atom. The lowest BCUT2D eigenvalue weighted by Crippen LogP contribution is -2.99. The highest BCUT2D eigenvalue weighted by atomic mass is 16.8. The minimum Gasteiger partial charge on any atom is -0.595 e. The standard InChI is InChI=1S/C32H41N3O8/c1-4-32(40)15-12-25-23-9-8-20-17-21(10-13-30(20,2)24(23)11-14-31(25,32)3)34-43-18-26(36)33-27(29(38)39)28(37)19-6-5-7-22(16-19)35(41)42/h1,5-7,16-17,23-25,27-28,35,37,40-41H,8-15,18H2,2-3H3,(H,33,36)(H,38,39)/t23-,24-,25+,27+,28-,30-,31+,32-/m0/s1. The van der Waals surface area contributed by atoms with Crippen LogP contribution in [0.3, 0.4) is 0 Å². The summed E-state index contributed by atoms with van der Waals surface area (Å²) in [7, 11) is 0. The molecule has 3 saturated carbocycles. The van der Waals surface area contributed by atoms with E-state index in [0.29, 0.717) is 30.6 Å². The van der Waals surface area contributed by atoms with E-state index in [1.165, 1.54) is 23.8 Å². The van der Waals surface area contributed by atoms with Crippen LogP contribution in [0.4, 0.5) is 5.69 Å². The number of hydrogen-bond acceptors (Lipinski definition) is 8. The number of nitrogens with one attached hydrogen (secondary N) is 2. The average molecular weight is 596 g/mol. The molecule has 0 radical (unpaired) electrons. The number of benzene rings is 1. The number of quaternary nitrogens is 1. The van der Waals surface area contributed by atoms with Gasteiger partial charge in [-0.1, -0.05) is 42.6 Å². The molecule has 232 valence electrons. The molecule has 0 heterocycles. The van der Waals surface area contributed by atoms with Crippen molar-refractivity contribution in [1.29, 1.82) is 0 Å². The third-order valence-corrected chi connectivity index (χ3v) is 11.1. The average Bonchev–Trinajstić information content (AvgIpc) is 3.26. The monoisotopic (exact) mass is 595 g/mol. The third-order valence-electron chi connectivity index (χ3n) is 11.1. The van der Waals surface area contributed by atoms with Crippen molar-refractivity contribution in [3.63, 3.8) is 0 Å². The molecule has 11 heteroatoms. The molecular weight excluding hydrogens is 554 g/mol. The molecule has 5 rings (SSSR count). The number of allylic oxidation sites excluding steroid dienone is 2. The van der Waals surface area contributed by atoms with Crippen LogP contribution in [-0.2, 0) is 14.4 Å². The minimum absolute atomic E-state index is 0.0281. The van der Waals surface area contributed by atoms with Crippen molar-refractivity contribution < 1.29 is 40.2 Å². The van der Waals surface area contributed by atoms with E-state index in [-0.39, 0.29) is 22.1 Å². The Morgan fingerprint density at radius 1 is 1.21 bits per heavy atom. The first-order chi connectivity index (χ1) is 20.3. The number of fused-ring (bicyclic) bond motifs is 5. The number of carboxylic acids is 1. The maximum atomic E-state index is 12.5. The lowest BCUT2D eigenvalue weighted by Gasteiger charge is -2.58. The molecule has 4 aliphatic rings. The molecule has 11 nitrogen and oxygen atoms in total. The van der Waals surface area contributed by atoms with Gasteiger partial charge in [-0.05, 0) is 86.2 Å². The van der Waals surface area contributed by atoms with Crippen molar-refractivity contribution in [1.82, 2.24) is 5.32 Å². The van der Waals surface area contributed by atoms with Gasteiger partial charge in [-0.15, -0.1) is 6.42 Å². The van der Waals surface area contributed by atoms with Crippen molar-refractivity contribution in [2.45, 2.75) is 83.0 Å². The van der Waals surface area contributed by atoms with Crippen LogP contribution < -0.4 is 10.5 Å². The van der Waals surface area contributed by atoms with Crippen LogP contribution in [0.1, 0.15) is 76.9 Å². The number of aliphatic hydroxyl groups is 2. The molecule has 1 aromatic rings. The van der Waals surface area contributed by atoms with Crippen LogP contribution in [0.25, 0.3) is 0 Å². The van der Waals surface area contributed by atoms with Gasteiger partial charge < -0.3 is 30.7 Å². The second-order valence-electron chi connectivity index (χ2n) is 13.1. The maximum Gasteiger partial charge on any atom is 0.329 e. The summed E-state index contributed by atoms with van der Waals surface area (Å²) in [6.45, 7) is 3.98. The van der Waals surface area contributed by atoms with Crippen LogP contribution in [0, 0.1) is 46.1 Å². The fourth-order valence-corrected chi connectivity index (χ4v) is 8.61. The Balaban J connectivity index is 1.20. The zero-order valence-electron chi connectivity index (χ0n) is 24.6. The van der Waals surface area contributed by atoms with Gasteiger partial charge in [0.25, 0.3) is 5.91 Å². The summed E-state index contributed by atoms with van der Waals surface area (Å²) >= 11 is 0. The highest BCUT2D eigenvalue weighted by Gasteiger charge is 2.63. The zero-order valence-corrected chi connectivity index (χ0v) is 24.6. The van der Waals surface area contributed by atoms with Crippen molar-refractivity contribution >= 4 is 23.3 Å². The van der Waals surface area contributed by atoms with Crippen LogP contribution in [0.15, 0.2) is 41.1 Å². The zero-order chi connectivity index (χ0) is 31.2. The Hall–Kier alpha value is -3.27. The van der Waals surface area contributed by atoms with E-state index in [4.69, 9.17) is 11.3 Å². The SMILES string of the molecule is C#C[C@]1(O)CC[C@@H]2[C@H]3CCC4=CC(=NOCC(=O)N[C@@H](C(=O)O)[C@@H](O)c5cccc([NH+]([O-])O)c5)CC[C@]4(C)[C@H]3CC[C@]21C. The summed E-state index contributed by atoms with van der Waals surface area (Å²) in [5.41, 5.74) is 0.746. The molecular formula is C32H41N3O8. The minimum atomic E-state index is -1.71.